The van der Waals surface area contributed by atoms with E-state index in [1.807, 2.05) is 17.8 Å². The van der Waals surface area contributed by atoms with Crippen LogP contribution in [0.4, 0.5) is 5.69 Å². The molecule has 1 aliphatic rings. The van der Waals surface area contributed by atoms with Crippen LogP contribution in [-0.4, -0.2) is 5.75 Å². The fourth-order valence-corrected chi connectivity index (χ4v) is 3.75. The molecule has 2 aromatic carbocycles. The smallest absolute Gasteiger partial charge is 0.0520 e. The second-order valence-corrected chi connectivity index (χ2v) is 6.75. The van der Waals surface area contributed by atoms with Crippen molar-refractivity contribution < 1.29 is 0 Å². The van der Waals surface area contributed by atoms with Crippen molar-refractivity contribution in [2.75, 3.05) is 11.1 Å². The molecule has 20 heavy (non-hydrogen) atoms. The number of halogens is 1. The van der Waals surface area contributed by atoms with Crippen molar-refractivity contribution >= 4 is 29.1 Å². The Kier molecular flexibility index (Phi) is 4.23. The zero-order valence-corrected chi connectivity index (χ0v) is 13.1. The van der Waals surface area contributed by atoms with Crippen LogP contribution in [0.1, 0.15) is 30.5 Å². The van der Waals surface area contributed by atoms with Crippen LogP contribution < -0.4 is 5.32 Å². The van der Waals surface area contributed by atoms with Crippen LogP contribution in [-0.2, 0) is 6.42 Å². The van der Waals surface area contributed by atoms with Gasteiger partial charge in [0, 0.05) is 15.6 Å². The van der Waals surface area contributed by atoms with E-state index in [0.717, 1.165) is 23.6 Å². The maximum absolute atomic E-state index is 6.07. The Morgan fingerprint density at radius 3 is 2.95 bits per heavy atom. The van der Waals surface area contributed by atoms with Crippen LogP contribution >= 0.6 is 23.4 Å². The number of hydrogen-bond donors (Lipinski definition) is 1. The van der Waals surface area contributed by atoms with Gasteiger partial charge in [-0.3, -0.25) is 0 Å². The van der Waals surface area contributed by atoms with Gasteiger partial charge in [-0.1, -0.05) is 36.7 Å². The van der Waals surface area contributed by atoms with Gasteiger partial charge in [-0.25, -0.2) is 0 Å². The molecule has 1 aliphatic carbocycles. The first-order valence-electron chi connectivity index (χ1n) is 7.04. The van der Waals surface area contributed by atoms with Crippen LogP contribution in [0, 0.1) is 0 Å². The van der Waals surface area contributed by atoms with Crippen molar-refractivity contribution in [1.29, 1.82) is 0 Å². The third-order valence-corrected chi connectivity index (χ3v) is 4.89. The maximum atomic E-state index is 6.07. The summed E-state index contributed by atoms with van der Waals surface area (Å²) in [7, 11) is 0. The SMILES string of the molecule is CCSc1ccccc1NC1CCc2cc(Cl)ccc21. The Labute approximate surface area is 129 Å². The number of benzene rings is 2. The van der Waals surface area contributed by atoms with Crippen molar-refractivity contribution in [2.24, 2.45) is 0 Å². The van der Waals surface area contributed by atoms with Gasteiger partial charge in [0.1, 0.15) is 0 Å². The zero-order chi connectivity index (χ0) is 13.9. The summed E-state index contributed by atoms with van der Waals surface area (Å²) in [6.45, 7) is 2.19. The highest BCUT2D eigenvalue weighted by atomic mass is 35.5. The molecule has 0 spiro atoms. The Hall–Kier alpha value is -1.12. The molecule has 1 unspecified atom stereocenters. The van der Waals surface area contributed by atoms with Crippen LogP contribution in [0.25, 0.3) is 0 Å². The molecular weight excluding hydrogens is 286 g/mol. The van der Waals surface area contributed by atoms with Gasteiger partial charge >= 0.3 is 0 Å². The molecule has 2 aromatic rings. The van der Waals surface area contributed by atoms with Gasteiger partial charge in [-0.05, 0) is 54.0 Å². The maximum Gasteiger partial charge on any atom is 0.0520 e. The number of rotatable bonds is 4. The molecule has 0 saturated heterocycles. The van der Waals surface area contributed by atoms with E-state index in [2.05, 4.69) is 48.6 Å². The lowest BCUT2D eigenvalue weighted by Gasteiger charge is -2.18. The molecule has 0 aliphatic heterocycles. The summed E-state index contributed by atoms with van der Waals surface area (Å²) in [4.78, 5) is 1.33. The van der Waals surface area contributed by atoms with Gasteiger partial charge < -0.3 is 5.32 Å². The first-order valence-corrected chi connectivity index (χ1v) is 8.41. The average molecular weight is 304 g/mol. The third-order valence-electron chi connectivity index (χ3n) is 3.70. The summed E-state index contributed by atoms with van der Waals surface area (Å²) in [5, 5.41) is 4.55. The number of hydrogen-bond acceptors (Lipinski definition) is 2. The van der Waals surface area contributed by atoms with Gasteiger partial charge in [0.15, 0.2) is 0 Å². The molecule has 0 fully saturated rings. The number of aryl methyl sites for hydroxylation is 1. The predicted octanol–water partition coefficient (Wildman–Crippen LogP) is 5.55. The predicted molar refractivity (Wildman–Crippen MR) is 89.0 cm³/mol. The van der Waals surface area contributed by atoms with E-state index in [1.165, 1.54) is 21.7 Å². The van der Waals surface area contributed by atoms with Crippen LogP contribution in [0.2, 0.25) is 5.02 Å². The number of para-hydroxylation sites is 1. The molecule has 0 saturated carbocycles. The minimum Gasteiger partial charge on any atom is -0.377 e. The van der Waals surface area contributed by atoms with E-state index in [-0.39, 0.29) is 0 Å². The molecule has 0 aromatic heterocycles. The molecule has 3 rings (SSSR count). The summed E-state index contributed by atoms with van der Waals surface area (Å²) in [6.07, 6.45) is 2.25. The Balaban J connectivity index is 1.84. The molecule has 0 amide bonds. The van der Waals surface area contributed by atoms with E-state index in [0.29, 0.717) is 6.04 Å². The summed E-state index contributed by atoms with van der Waals surface area (Å²) < 4.78 is 0. The van der Waals surface area contributed by atoms with Crippen molar-refractivity contribution in [3.05, 3.63) is 58.6 Å². The molecule has 104 valence electrons. The summed E-state index contributed by atoms with van der Waals surface area (Å²) in [6, 6.07) is 15.2. The van der Waals surface area contributed by atoms with Crippen LogP contribution in [0.5, 0.6) is 0 Å². The van der Waals surface area contributed by atoms with Gasteiger partial charge in [0.25, 0.3) is 0 Å². The van der Waals surface area contributed by atoms with E-state index in [4.69, 9.17) is 11.6 Å². The van der Waals surface area contributed by atoms with Crippen LogP contribution in [0.3, 0.4) is 0 Å². The van der Waals surface area contributed by atoms with E-state index >= 15 is 0 Å². The summed E-state index contributed by atoms with van der Waals surface area (Å²) in [5.41, 5.74) is 4.02. The lowest BCUT2D eigenvalue weighted by Crippen LogP contribution is -2.07. The molecule has 1 nitrogen and oxygen atoms in total. The van der Waals surface area contributed by atoms with Gasteiger partial charge in [0.05, 0.1) is 6.04 Å². The van der Waals surface area contributed by atoms with Crippen molar-refractivity contribution in [3.8, 4) is 0 Å². The molecule has 0 heterocycles. The molecule has 0 bridgehead atoms. The number of fused-ring (bicyclic) bond motifs is 1. The molecular formula is C17H18ClNS. The van der Waals surface area contributed by atoms with Crippen molar-refractivity contribution in [2.45, 2.75) is 30.7 Å². The minimum atomic E-state index is 0.404. The number of anilines is 1. The average Bonchev–Trinajstić information content (AvgIpc) is 2.83. The highest BCUT2D eigenvalue weighted by Crippen LogP contribution is 2.37. The largest absolute Gasteiger partial charge is 0.377 e. The molecule has 1 N–H and O–H groups in total. The van der Waals surface area contributed by atoms with E-state index in [9.17, 15) is 0 Å². The quantitative estimate of drug-likeness (QED) is 0.743. The monoisotopic (exact) mass is 303 g/mol. The first-order chi connectivity index (χ1) is 9.78. The molecule has 0 radical (unpaired) electrons. The summed E-state index contributed by atoms with van der Waals surface area (Å²) in [5.74, 6) is 1.09. The van der Waals surface area contributed by atoms with Gasteiger partial charge in [-0.15, -0.1) is 11.8 Å². The standard InChI is InChI=1S/C17H18ClNS/c1-2-20-17-6-4-3-5-16(17)19-15-10-7-12-11-13(18)8-9-14(12)15/h3-6,8-9,11,15,19H,2,7,10H2,1H3. The lowest BCUT2D eigenvalue weighted by molar-refractivity contribution is 0.759. The number of thioether (sulfide) groups is 1. The van der Waals surface area contributed by atoms with Crippen LogP contribution in [0.15, 0.2) is 47.4 Å². The van der Waals surface area contributed by atoms with Crippen molar-refractivity contribution in [1.82, 2.24) is 0 Å². The topological polar surface area (TPSA) is 12.0 Å². The fourth-order valence-electron chi connectivity index (χ4n) is 2.79. The highest BCUT2D eigenvalue weighted by molar-refractivity contribution is 7.99. The lowest BCUT2D eigenvalue weighted by atomic mass is 10.1. The van der Waals surface area contributed by atoms with Crippen molar-refractivity contribution in [3.63, 3.8) is 0 Å². The summed E-state index contributed by atoms with van der Waals surface area (Å²) >= 11 is 7.96. The zero-order valence-electron chi connectivity index (χ0n) is 11.5. The van der Waals surface area contributed by atoms with E-state index in [1.54, 1.807) is 0 Å². The fraction of sp³-hybridized carbons (Fsp3) is 0.294. The van der Waals surface area contributed by atoms with Gasteiger partial charge in [0.2, 0.25) is 0 Å². The highest BCUT2D eigenvalue weighted by Gasteiger charge is 2.22. The third kappa shape index (κ3) is 2.82. The first kappa shape index (κ1) is 13.8. The number of nitrogens with one attached hydrogen (secondary N) is 1. The second-order valence-electron chi connectivity index (χ2n) is 5.01. The Morgan fingerprint density at radius 2 is 2.10 bits per heavy atom. The normalized spacial score (nSPS) is 17.0. The second kappa shape index (κ2) is 6.11. The molecule has 1 atom stereocenters. The Morgan fingerprint density at radius 1 is 1.25 bits per heavy atom. The van der Waals surface area contributed by atoms with E-state index < -0.39 is 0 Å². The Bertz CT molecular complexity index is 612. The van der Waals surface area contributed by atoms with Gasteiger partial charge in [-0.2, -0.15) is 0 Å². The minimum absolute atomic E-state index is 0.404. The molecule has 3 heteroatoms.